The average molecular weight is 1130 g/mol. The highest BCUT2D eigenvalue weighted by Crippen LogP contribution is 2.59. The summed E-state index contributed by atoms with van der Waals surface area (Å²) in [4.78, 5) is 0. The first kappa shape index (κ1) is 62.4. The van der Waals surface area contributed by atoms with E-state index in [9.17, 15) is 0 Å². The van der Waals surface area contributed by atoms with Gasteiger partial charge in [0, 0.05) is 16.2 Å². The van der Waals surface area contributed by atoms with Crippen LogP contribution in [0.3, 0.4) is 0 Å². The second kappa shape index (κ2) is 27.6. The van der Waals surface area contributed by atoms with Crippen LogP contribution in [0.4, 0.5) is 0 Å². The quantitative estimate of drug-likeness (QED) is 0.0302. The minimum Gasteiger partial charge on any atom is -0.399 e. The summed E-state index contributed by atoms with van der Waals surface area (Å²) in [5, 5.41) is 0. The molecule has 0 bridgehead atoms. The van der Waals surface area contributed by atoms with Gasteiger partial charge in [0.05, 0.1) is 11.2 Å². The number of fused-ring (bicyclic) bond motifs is 9. The summed E-state index contributed by atoms with van der Waals surface area (Å²) in [6.45, 7) is 22.9. The summed E-state index contributed by atoms with van der Waals surface area (Å²) in [7, 11) is -0.380. The molecule has 0 N–H and O–H groups in total. The highest BCUT2D eigenvalue weighted by atomic mass is 16.7. The van der Waals surface area contributed by atoms with Crippen LogP contribution >= 0.6 is 0 Å². The van der Waals surface area contributed by atoms with Crippen LogP contribution in [-0.4, -0.2) is 18.3 Å². The third kappa shape index (κ3) is 12.2. The third-order valence-electron chi connectivity index (χ3n) is 21.9. The van der Waals surface area contributed by atoms with Gasteiger partial charge in [-0.2, -0.15) is 0 Å². The van der Waals surface area contributed by atoms with Crippen LogP contribution in [0.2, 0.25) is 0 Å². The molecule has 0 aromatic heterocycles. The topological polar surface area (TPSA) is 18.5 Å². The molecule has 1 saturated heterocycles. The molecule has 1 aliphatic heterocycles. The normalized spacial score (nSPS) is 16.8. The van der Waals surface area contributed by atoms with E-state index in [1.165, 1.54) is 254 Å². The summed E-state index contributed by atoms with van der Waals surface area (Å²) in [5.74, 6) is 0. The lowest BCUT2D eigenvalue weighted by Gasteiger charge is -2.34. The minimum atomic E-state index is -0.391. The van der Waals surface area contributed by atoms with Crippen LogP contribution in [0.5, 0.6) is 0 Å². The van der Waals surface area contributed by atoms with Gasteiger partial charge in [0.2, 0.25) is 0 Å². The maximum atomic E-state index is 6.78. The molecule has 4 aliphatic rings. The van der Waals surface area contributed by atoms with E-state index < -0.39 is 11.2 Å². The first-order valence-electron chi connectivity index (χ1n) is 35.0. The molecule has 448 valence electrons. The number of benzene rings is 6. The maximum absolute atomic E-state index is 6.78. The van der Waals surface area contributed by atoms with Crippen molar-refractivity contribution in [2.24, 2.45) is 0 Å². The Morgan fingerprint density at radius 2 is 0.536 bits per heavy atom. The van der Waals surface area contributed by atoms with Crippen LogP contribution in [0.15, 0.2) is 115 Å². The Balaban J connectivity index is 1.08. The SMILES string of the molecule is CCCCCCC1(CCCCCC)c2ccccc2-c2ccc(-c3ccc4c(c3)C(CCCCCC)(CCCCCC)c3cc(-c5ccc6c(c5)C(CCCCCC)(CCCCCC)c5cc(B7OC(C)(C)C(C)(C)O7)ccc5-6)ccc3-4)cc21. The van der Waals surface area contributed by atoms with E-state index in [1.54, 1.807) is 27.8 Å². The van der Waals surface area contributed by atoms with Crippen molar-refractivity contribution in [2.45, 2.75) is 289 Å². The van der Waals surface area contributed by atoms with Gasteiger partial charge < -0.3 is 9.31 Å². The molecule has 1 heterocycles. The molecular formula is C81H109BO2. The van der Waals surface area contributed by atoms with Gasteiger partial charge in [0.25, 0.3) is 0 Å². The minimum absolute atomic E-state index is 0.0490. The first-order chi connectivity index (χ1) is 40.9. The summed E-state index contributed by atoms with van der Waals surface area (Å²) in [6.07, 6.45) is 38.0. The van der Waals surface area contributed by atoms with Crippen LogP contribution in [0, 0.1) is 0 Å². The standard InChI is InChI=1S/C81H109BO2/c1-11-17-23-31-49-79(50-32-24-18-12-2)71-38-30-29-37-65(71)66-44-39-60(55-72(66)79)61-40-45-67-68-46-41-62(57-74(68)80(73(67)56-61,51-33-25-19-13-3)52-34-26-20-14-4)63-42-47-69-70-48-43-64(82-83-77(7,8)78(9,10)84-82)59-76(70)81(75(69)58-63,53-35-27-21-15-5)54-36-28-22-16-6/h29-30,37-48,55-59H,11-28,31-36,49-54H2,1-10H3. The van der Waals surface area contributed by atoms with Gasteiger partial charge >= 0.3 is 7.12 Å². The van der Waals surface area contributed by atoms with Crippen molar-refractivity contribution in [1.82, 2.24) is 0 Å². The van der Waals surface area contributed by atoms with Gasteiger partial charge in [-0.05, 0) is 185 Å². The van der Waals surface area contributed by atoms with Crippen LogP contribution in [0.25, 0.3) is 55.6 Å². The van der Waals surface area contributed by atoms with E-state index in [0.717, 1.165) is 5.46 Å². The van der Waals surface area contributed by atoms with E-state index >= 15 is 0 Å². The second-order valence-corrected chi connectivity index (χ2v) is 28.1. The van der Waals surface area contributed by atoms with Crippen molar-refractivity contribution in [3.05, 3.63) is 149 Å². The Labute approximate surface area is 512 Å². The first-order valence-corrected chi connectivity index (χ1v) is 35.0. The van der Waals surface area contributed by atoms with Gasteiger partial charge in [-0.25, -0.2) is 0 Å². The smallest absolute Gasteiger partial charge is 0.399 e. The summed E-state index contributed by atoms with van der Waals surface area (Å²) in [5.41, 5.74) is 24.0. The third-order valence-corrected chi connectivity index (χ3v) is 21.9. The summed E-state index contributed by atoms with van der Waals surface area (Å²) >= 11 is 0. The lowest BCUT2D eigenvalue weighted by molar-refractivity contribution is 0.00578. The number of hydrogen-bond donors (Lipinski definition) is 0. The second-order valence-electron chi connectivity index (χ2n) is 28.1. The Morgan fingerprint density at radius 3 is 0.845 bits per heavy atom. The highest BCUT2D eigenvalue weighted by Gasteiger charge is 2.53. The van der Waals surface area contributed by atoms with Crippen molar-refractivity contribution in [2.75, 3.05) is 0 Å². The molecule has 3 aliphatic carbocycles. The molecule has 0 atom stereocenters. The van der Waals surface area contributed by atoms with Crippen molar-refractivity contribution in [1.29, 1.82) is 0 Å². The lowest BCUT2D eigenvalue weighted by Crippen LogP contribution is -2.41. The van der Waals surface area contributed by atoms with Crippen LogP contribution < -0.4 is 5.46 Å². The zero-order chi connectivity index (χ0) is 59.0. The van der Waals surface area contributed by atoms with Gasteiger partial charge in [-0.1, -0.05) is 287 Å². The Bertz CT molecular complexity index is 3100. The van der Waals surface area contributed by atoms with Crippen LogP contribution in [-0.2, 0) is 25.6 Å². The molecule has 2 nitrogen and oxygen atoms in total. The largest absolute Gasteiger partial charge is 0.494 e. The van der Waals surface area contributed by atoms with Crippen molar-refractivity contribution < 1.29 is 9.31 Å². The Hall–Kier alpha value is -4.70. The van der Waals surface area contributed by atoms with E-state index in [-0.39, 0.29) is 23.4 Å². The van der Waals surface area contributed by atoms with Gasteiger partial charge in [0.1, 0.15) is 0 Å². The van der Waals surface area contributed by atoms with Crippen molar-refractivity contribution in [3.63, 3.8) is 0 Å². The van der Waals surface area contributed by atoms with E-state index in [0.29, 0.717) is 0 Å². The van der Waals surface area contributed by atoms with E-state index in [2.05, 4.69) is 184 Å². The summed E-state index contributed by atoms with van der Waals surface area (Å²) in [6, 6.07) is 47.8. The fourth-order valence-corrected chi connectivity index (χ4v) is 16.4. The molecule has 3 heteroatoms. The van der Waals surface area contributed by atoms with Crippen LogP contribution in [0.1, 0.15) is 295 Å². The van der Waals surface area contributed by atoms with E-state index in [4.69, 9.17) is 9.31 Å². The van der Waals surface area contributed by atoms with E-state index in [1.807, 2.05) is 0 Å². The molecule has 0 saturated carbocycles. The maximum Gasteiger partial charge on any atom is 0.494 e. The van der Waals surface area contributed by atoms with Gasteiger partial charge in [0.15, 0.2) is 0 Å². The number of unbranched alkanes of at least 4 members (excludes halogenated alkanes) is 18. The van der Waals surface area contributed by atoms with Crippen molar-refractivity contribution in [3.8, 4) is 55.6 Å². The molecule has 0 spiro atoms. The predicted octanol–water partition coefficient (Wildman–Crippen LogP) is 23.9. The number of hydrogen-bond acceptors (Lipinski definition) is 2. The molecule has 0 radical (unpaired) electrons. The molecule has 0 amide bonds. The highest BCUT2D eigenvalue weighted by molar-refractivity contribution is 6.62. The molecule has 84 heavy (non-hydrogen) atoms. The molecule has 1 fully saturated rings. The van der Waals surface area contributed by atoms with Crippen molar-refractivity contribution >= 4 is 12.6 Å². The average Bonchev–Trinajstić information content (AvgIpc) is 1.70. The molecule has 0 unspecified atom stereocenters. The molecule has 6 aromatic carbocycles. The predicted molar refractivity (Wildman–Crippen MR) is 364 cm³/mol. The fourth-order valence-electron chi connectivity index (χ4n) is 16.4. The molecule has 6 aromatic rings. The zero-order valence-electron chi connectivity index (χ0n) is 54.6. The lowest BCUT2D eigenvalue weighted by atomic mass is 9.68. The zero-order valence-corrected chi connectivity index (χ0v) is 54.6. The Kier molecular flexibility index (Phi) is 20.5. The number of rotatable bonds is 33. The monoisotopic (exact) mass is 1120 g/mol. The molecular weight excluding hydrogens is 1020 g/mol. The Morgan fingerprint density at radius 1 is 0.274 bits per heavy atom. The van der Waals surface area contributed by atoms with Gasteiger partial charge in [-0.3, -0.25) is 0 Å². The molecule has 10 rings (SSSR count). The summed E-state index contributed by atoms with van der Waals surface area (Å²) < 4.78 is 13.6. The van der Waals surface area contributed by atoms with Gasteiger partial charge in [-0.15, -0.1) is 0 Å². The fraction of sp³-hybridized carbons (Fsp3) is 0.556.